The Bertz CT molecular complexity index is 557. The molecule has 2 saturated heterocycles. The summed E-state index contributed by atoms with van der Waals surface area (Å²) in [5.41, 5.74) is 0. The van der Waals surface area contributed by atoms with Crippen molar-refractivity contribution in [1.29, 1.82) is 0 Å². The van der Waals surface area contributed by atoms with Crippen LogP contribution in [0.25, 0.3) is 0 Å². The number of ether oxygens (including phenoxy) is 2. The van der Waals surface area contributed by atoms with Gasteiger partial charge in [-0.1, -0.05) is 154 Å². The fraction of sp³-hybridized carbons (Fsp3) is 0.944. The zero-order chi connectivity index (χ0) is 30.4. The summed E-state index contributed by atoms with van der Waals surface area (Å²) in [7, 11) is 0. The monoisotopic (exact) mass is 634 g/mol. The van der Waals surface area contributed by atoms with E-state index in [0.717, 1.165) is 38.9 Å². The molecule has 248 valence electrons. The molecule has 6 nitrogen and oxygen atoms in total. The van der Waals surface area contributed by atoms with E-state index in [1.54, 1.807) is 0 Å². The summed E-state index contributed by atoms with van der Waals surface area (Å²) in [4.78, 5) is 20.5. The number of hydrogen-bond acceptors (Lipinski definition) is 6. The fourth-order valence-corrected chi connectivity index (χ4v) is 5.64. The summed E-state index contributed by atoms with van der Waals surface area (Å²) < 4.78 is 10.4. The minimum absolute atomic E-state index is 0. The molecular formula is C36H66CaO6. The smallest absolute Gasteiger partial charge is 0.550 e. The number of epoxide rings is 2. The summed E-state index contributed by atoms with van der Waals surface area (Å²) >= 11 is 0. The zero-order valence-electron chi connectivity index (χ0n) is 27.9. The maximum Gasteiger partial charge on any atom is 2.00 e. The van der Waals surface area contributed by atoms with Gasteiger partial charge in [0.05, 0.1) is 25.4 Å². The second-order valence-corrected chi connectivity index (χ2v) is 12.9. The molecule has 2 unspecified atom stereocenters. The average molecular weight is 635 g/mol. The molecule has 2 aliphatic rings. The van der Waals surface area contributed by atoms with Crippen LogP contribution in [0.15, 0.2) is 0 Å². The molecule has 0 saturated carbocycles. The van der Waals surface area contributed by atoms with E-state index in [0.29, 0.717) is 12.2 Å². The van der Waals surface area contributed by atoms with Gasteiger partial charge in [0.15, 0.2) is 0 Å². The summed E-state index contributed by atoms with van der Waals surface area (Å²) in [5, 5.41) is 20.5. The Hall–Kier alpha value is 0.120. The molecule has 2 fully saturated rings. The van der Waals surface area contributed by atoms with Crippen LogP contribution in [-0.4, -0.2) is 75.1 Å². The van der Waals surface area contributed by atoms with Crippen molar-refractivity contribution in [2.45, 2.75) is 205 Å². The van der Waals surface area contributed by atoms with Gasteiger partial charge in [0.25, 0.3) is 0 Å². The van der Waals surface area contributed by atoms with Crippen LogP contribution in [-0.2, 0) is 19.1 Å². The van der Waals surface area contributed by atoms with E-state index in [1.165, 1.54) is 154 Å². The number of unbranched alkanes of at least 4 members (excludes halogenated alkanes) is 24. The second-order valence-electron chi connectivity index (χ2n) is 12.9. The van der Waals surface area contributed by atoms with Gasteiger partial charge in [0.1, 0.15) is 0 Å². The number of carboxylic acid groups (broad SMARTS) is 2. The third kappa shape index (κ3) is 38.2. The van der Waals surface area contributed by atoms with Crippen molar-refractivity contribution in [1.82, 2.24) is 0 Å². The Balaban J connectivity index is 0.000000802. The van der Waals surface area contributed by atoms with Crippen LogP contribution >= 0.6 is 0 Å². The van der Waals surface area contributed by atoms with E-state index in [9.17, 15) is 19.8 Å². The first kappa shape index (κ1) is 43.1. The van der Waals surface area contributed by atoms with Crippen LogP contribution in [0.4, 0.5) is 0 Å². The number of rotatable bonds is 32. The maximum absolute atomic E-state index is 10.2. The van der Waals surface area contributed by atoms with Gasteiger partial charge in [-0.05, 0) is 38.5 Å². The van der Waals surface area contributed by atoms with Gasteiger partial charge in [-0.25, -0.2) is 0 Å². The molecule has 0 aliphatic carbocycles. The van der Waals surface area contributed by atoms with Crippen molar-refractivity contribution >= 4 is 49.7 Å². The van der Waals surface area contributed by atoms with Crippen molar-refractivity contribution < 1.29 is 29.3 Å². The summed E-state index contributed by atoms with van der Waals surface area (Å²) in [6.07, 6.45) is 37.4. The van der Waals surface area contributed by atoms with E-state index >= 15 is 0 Å². The topological polar surface area (TPSA) is 105 Å². The Labute approximate surface area is 295 Å². The molecule has 2 heterocycles. The van der Waals surface area contributed by atoms with Gasteiger partial charge in [-0.3, -0.25) is 0 Å². The number of carboxylic acids is 2. The first-order valence-electron chi connectivity index (χ1n) is 18.2. The first-order chi connectivity index (χ1) is 20.6. The molecule has 0 aromatic rings. The first-order valence-corrected chi connectivity index (χ1v) is 18.2. The Kier molecular flexibility index (Phi) is 33.6. The minimum Gasteiger partial charge on any atom is -0.550 e. The second kappa shape index (κ2) is 33.5. The van der Waals surface area contributed by atoms with Crippen molar-refractivity contribution in [3.8, 4) is 0 Å². The van der Waals surface area contributed by atoms with E-state index in [4.69, 9.17) is 9.47 Å². The molecule has 0 amide bonds. The molecule has 2 atom stereocenters. The quantitative estimate of drug-likeness (QED) is 0.0429. The van der Waals surface area contributed by atoms with E-state index in [-0.39, 0.29) is 50.6 Å². The Morgan fingerprint density at radius 2 is 0.581 bits per heavy atom. The molecule has 0 N–H and O–H groups in total. The van der Waals surface area contributed by atoms with Crippen LogP contribution in [0.1, 0.15) is 193 Å². The van der Waals surface area contributed by atoms with Gasteiger partial charge in [0, 0.05) is 11.9 Å². The third-order valence-electron chi connectivity index (χ3n) is 8.62. The van der Waals surface area contributed by atoms with Crippen LogP contribution in [0.2, 0.25) is 0 Å². The van der Waals surface area contributed by atoms with Crippen LogP contribution < -0.4 is 10.2 Å². The Morgan fingerprint density at radius 1 is 0.395 bits per heavy atom. The number of aliphatic carboxylic acids is 2. The zero-order valence-corrected chi connectivity index (χ0v) is 30.1. The molecule has 0 radical (unpaired) electrons. The normalized spacial score (nSPS) is 16.7. The summed E-state index contributed by atoms with van der Waals surface area (Å²) in [6, 6.07) is 0. The van der Waals surface area contributed by atoms with Crippen molar-refractivity contribution in [3.05, 3.63) is 0 Å². The van der Waals surface area contributed by atoms with Gasteiger partial charge in [-0.15, -0.1) is 0 Å². The molecular weight excluding hydrogens is 568 g/mol. The van der Waals surface area contributed by atoms with E-state index in [2.05, 4.69) is 0 Å². The van der Waals surface area contributed by atoms with Gasteiger partial charge in [0.2, 0.25) is 0 Å². The largest absolute Gasteiger partial charge is 2.00 e. The van der Waals surface area contributed by atoms with Gasteiger partial charge >= 0.3 is 37.7 Å². The van der Waals surface area contributed by atoms with Crippen molar-refractivity contribution in [2.24, 2.45) is 0 Å². The standard InChI is InChI=1S/2C18H34O3.Ca/c2*19-18(20)15-13-11-9-7-5-3-1-2-4-6-8-10-12-14-17-16-21-17;/h2*17H,1-16H2,(H,19,20);/q;;+2/p-2. The van der Waals surface area contributed by atoms with Crippen LogP contribution in [0.5, 0.6) is 0 Å². The molecule has 0 spiro atoms. The molecule has 2 rings (SSSR count). The van der Waals surface area contributed by atoms with E-state index < -0.39 is 11.9 Å². The predicted octanol–water partition coefficient (Wildman–Crippen LogP) is 7.59. The Morgan fingerprint density at radius 3 is 0.767 bits per heavy atom. The number of carbonyl (C=O) groups is 2. The molecule has 7 heteroatoms. The summed E-state index contributed by atoms with van der Waals surface area (Å²) in [5.74, 6) is -1.81. The molecule has 43 heavy (non-hydrogen) atoms. The molecule has 2 aliphatic heterocycles. The fourth-order valence-electron chi connectivity index (χ4n) is 5.64. The maximum atomic E-state index is 10.2. The van der Waals surface area contributed by atoms with Gasteiger partial charge < -0.3 is 29.3 Å². The number of carbonyl (C=O) groups excluding carboxylic acids is 2. The van der Waals surface area contributed by atoms with Crippen molar-refractivity contribution in [2.75, 3.05) is 13.2 Å². The number of hydrogen-bond donors (Lipinski definition) is 0. The average Bonchev–Trinajstić information content (AvgIpc) is 3.89. The van der Waals surface area contributed by atoms with Gasteiger partial charge in [-0.2, -0.15) is 0 Å². The SMILES string of the molecule is O=C([O-])CCCCCCCCCCCCCCCC1CO1.O=C([O-])CCCCCCCCCCCCCCCC1CO1.[Ca+2]. The summed E-state index contributed by atoms with van der Waals surface area (Å²) in [6.45, 7) is 2.02. The van der Waals surface area contributed by atoms with Crippen LogP contribution in [0.3, 0.4) is 0 Å². The molecule has 0 bridgehead atoms. The van der Waals surface area contributed by atoms with Crippen molar-refractivity contribution in [3.63, 3.8) is 0 Å². The van der Waals surface area contributed by atoms with Crippen LogP contribution in [0, 0.1) is 0 Å². The molecule has 0 aromatic carbocycles. The predicted molar refractivity (Wildman–Crippen MR) is 174 cm³/mol. The molecule has 0 aromatic heterocycles. The van der Waals surface area contributed by atoms with E-state index in [1.807, 2.05) is 0 Å². The minimum atomic E-state index is -0.907. The third-order valence-corrected chi connectivity index (χ3v) is 8.62.